The number of aromatic amines is 1. The summed E-state index contributed by atoms with van der Waals surface area (Å²) in [6.07, 6.45) is 7.75. The molecule has 1 aromatic heterocycles. The number of H-pyrrole nitrogens is 1. The molecule has 4 N–H and O–H groups in total. The second kappa shape index (κ2) is 12.7. The van der Waals surface area contributed by atoms with Gasteiger partial charge in [0.1, 0.15) is 0 Å². The van der Waals surface area contributed by atoms with Crippen LogP contribution in [0.5, 0.6) is 5.75 Å². The minimum atomic E-state index is 0.199. The molecule has 0 unspecified atom stereocenters. The Labute approximate surface area is 245 Å². The minimum Gasteiger partial charge on any atom is -0.450 e. The molecule has 11 nitrogen and oxygen atoms in total. The Bertz CT molecular complexity index is 1480. The van der Waals surface area contributed by atoms with Crippen molar-refractivity contribution in [2.75, 3.05) is 45.1 Å². The van der Waals surface area contributed by atoms with E-state index in [9.17, 15) is 9.59 Å². The molecule has 2 saturated heterocycles. The summed E-state index contributed by atoms with van der Waals surface area (Å²) < 4.78 is 5.96. The maximum atomic E-state index is 13.8. The minimum absolute atomic E-state index is 0.199. The van der Waals surface area contributed by atoms with Crippen LogP contribution in [0.15, 0.2) is 59.7 Å². The number of benzene rings is 2. The second-order valence-corrected chi connectivity index (χ2v) is 11.2. The summed E-state index contributed by atoms with van der Waals surface area (Å²) >= 11 is 0. The van der Waals surface area contributed by atoms with Gasteiger partial charge in [0.15, 0.2) is 17.3 Å². The van der Waals surface area contributed by atoms with Crippen LogP contribution in [0, 0.1) is 0 Å². The Morgan fingerprint density at radius 2 is 2.00 bits per heavy atom. The number of fused-ring (bicyclic) bond motifs is 2. The number of anilines is 1. The largest absolute Gasteiger partial charge is 0.450 e. The van der Waals surface area contributed by atoms with E-state index in [1.165, 1.54) is 5.56 Å². The van der Waals surface area contributed by atoms with Crippen molar-refractivity contribution in [2.45, 2.75) is 44.2 Å². The van der Waals surface area contributed by atoms with Crippen LogP contribution >= 0.6 is 0 Å². The van der Waals surface area contributed by atoms with Crippen LogP contribution in [0.25, 0.3) is 11.0 Å². The Morgan fingerprint density at radius 1 is 1.17 bits per heavy atom. The second-order valence-electron chi connectivity index (χ2n) is 11.2. The molecule has 11 heteroatoms. The molecule has 0 radical (unpaired) electrons. The molecule has 0 atom stereocenters. The third-order valence-electron chi connectivity index (χ3n) is 8.49. The maximum Gasteiger partial charge on any atom is 0.237 e. The lowest BCUT2D eigenvalue weighted by Crippen LogP contribution is -2.49. The summed E-state index contributed by atoms with van der Waals surface area (Å²) in [4.78, 5) is 40.7. The third-order valence-corrected chi connectivity index (χ3v) is 8.49. The fraction of sp³-hybridized carbons (Fsp3) is 0.419. The number of aliphatic imine (C=N–C) groups is 1. The highest BCUT2D eigenvalue weighted by atomic mass is 16.5. The molecule has 0 bridgehead atoms. The van der Waals surface area contributed by atoms with E-state index in [0.717, 1.165) is 74.1 Å². The molecule has 2 amide bonds. The van der Waals surface area contributed by atoms with E-state index >= 15 is 0 Å². The van der Waals surface area contributed by atoms with E-state index < -0.39 is 0 Å². The standard InChI is InChI=1S/C31H38N8O3/c1-32-16-29-31(36-20-40)37-27-15-23(3-5-28(27)42-29)22-8-12-38(13-9-22)18-30(41)39(24-6-10-33-11-7-24)17-21-2-4-25-26(14-21)35-19-34-25/h2-5,14-16,19-20,22,24,32-33H,6-13,17-18H2,1H3,(H,34,35)(H,36,37,40)/b29-16+. The summed E-state index contributed by atoms with van der Waals surface area (Å²) in [5, 5.41) is 9.58. The molecule has 42 heavy (non-hydrogen) atoms. The number of piperidine rings is 2. The number of carbonyl (C=O) groups excluding carboxylic acids is 2. The van der Waals surface area contributed by atoms with Crippen LogP contribution in [0.4, 0.5) is 5.69 Å². The van der Waals surface area contributed by atoms with E-state index in [2.05, 4.69) is 65.0 Å². The smallest absolute Gasteiger partial charge is 0.237 e. The number of aromatic nitrogens is 2. The Kier molecular flexibility index (Phi) is 8.47. The van der Waals surface area contributed by atoms with E-state index in [4.69, 9.17) is 4.74 Å². The predicted molar refractivity (Wildman–Crippen MR) is 162 cm³/mol. The molecule has 6 rings (SSSR count). The van der Waals surface area contributed by atoms with Crippen LogP contribution in [0.2, 0.25) is 0 Å². The van der Waals surface area contributed by atoms with Crippen molar-refractivity contribution in [3.63, 3.8) is 0 Å². The molecule has 2 aromatic carbocycles. The summed E-state index contributed by atoms with van der Waals surface area (Å²) in [6.45, 7) is 4.65. The summed E-state index contributed by atoms with van der Waals surface area (Å²) in [7, 11) is 1.76. The number of hydrogen-bond acceptors (Lipinski definition) is 7. The van der Waals surface area contributed by atoms with Crippen LogP contribution in [0.1, 0.15) is 42.7 Å². The Morgan fingerprint density at radius 3 is 2.79 bits per heavy atom. The molecule has 4 heterocycles. The van der Waals surface area contributed by atoms with Gasteiger partial charge in [-0.05, 0) is 93.2 Å². The van der Waals surface area contributed by atoms with Gasteiger partial charge in [-0.3, -0.25) is 14.5 Å². The average molecular weight is 571 g/mol. The molecule has 0 spiro atoms. The van der Waals surface area contributed by atoms with Gasteiger partial charge in [-0.1, -0.05) is 12.1 Å². The lowest BCUT2D eigenvalue weighted by atomic mass is 9.89. The van der Waals surface area contributed by atoms with Gasteiger partial charge in [0, 0.05) is 25.8 Å². The first-order chi connectivity index (χ1) is 20.6. The number of amides is 2. The molecule has 220 valence electrons. The van der Waals surface area contributed by atoms with Gasteiger partial charge in [-0.25, -0.2) is 4.98 Å². The number of hydrogen-bond donors (Lipinski definition) is 4. The van der Waals surface area contributed by atoms with Crippen LogP contribution in [-0.2, 0) is 16.1 Å². The first kappa shape index (κ1) is 27.9. The van der Waals surface area contributed by atoms with Crippen molar-refractivity contribution >= 4 is 34.9 Å². The van der Waals surface area contributed by atoms with E-state index in [0.29, 0.717) is 42.8 Å². The summed E-state index contributed by atoms with van der Waals surface area (Å²) in [6, 6.07) is 12.6. The van der Waals surface area contributed by atoms with Crippen molar-refractivity contribution < 1.29 is 14.3 Å². The lowest BCUT2D eigenvalue weighted by molar-refractivity contribution is -0.136. The number of nitrogens with zero attached hydrogens (tertiary/aromatic N) is 4. The van der Waals surface area contributed by atoms with Crippen molar-refractivity contribution in [2.24, 2.45) is 4.99 Å². The fourth-order valence-electron chi connectivity index (χ4n) is 6.24. The van der Waals surface area contributed by atoms with Crippen molar-refractivity contribution in [1.82, 2.24) is 30.4 Å². The summed E-state index contributed by atoms with van der Waals surface area (Å²) in [5.41, 5.74) is 5.06. The van der Waals surface area contributed by atoms with Crippen molar-refractivity contribution in [3.05, 3.63) is 65.8 Å². The fourth-order valence-corrected chi connectivity index (χ4v) is 6.24. The maximum absolute atomic E-state index is 13.8. The normalized spacial score (nSPS) is 20.2. The molecule has 2 fully saturated rings. The average Bonchev–Trinajstić information content (AvgIpc) is 3.49. The highest BCUT2D eigenvalue weighted by Crippen LogP contribution is 2.37. The number of rotatable bonds is 8. The molecular formula is C31H38N8O3. The van der Waals surface area contributed by atoms with Gasteiger partial charge in [0.05, 0.1) is 29.6 Å². The number of amidine groups is 1. The molecule has 0 saturated carbocycles. The van der Waals surface area contributed by atoms with Gasteiger partial charge < -0.3 is 30.6 Å². The molecule has 3 aliphatic rings. The summed E-state index contributed by atoms with van der Waals surface area (Å²) in [5.74, 6) is 2.11. The molecule has 3 aromatic rings. The highest BCUT2D eigenvalue weighted by Gasteiger charge is 2.29. The van der Waals surface area contributed by atoms with Crippen LogP contribution < -0.4 is 20.7 Å². The molecule has 3 aliphatic heterocycles. The highest BCUT2D eigenvalue weighted by molar-refractivity contribution is 6.11. The Hall–Kier alpha value is -4.22. The van der Waals surface area contributed by atoms with E-state index in [-0.39, 0.29) is 11.9 Å². The number of imidazole rings is 1. The van der Waals surface area contributed by atoms with E-state index in [1.54, 1.807) is 19.6 Å². The monoisotopic (exact) mass is 570 g/mol. The van der Waals surface area contributed by atoms with E-state index in [1.807, 2.05) is 12.1 Å². The van der Waals surface area contributed by atoms with Crippen molar-refractivity contribution in [1.29, 1.82) is 0 Å². The Balaban J connectivity index is 1.09. The SMILES string of the molecule is CN/C=C1/Oc2ccc(C3CCN(CC(=O)N(Cc4ccc5[nH]cnc5c4)C4CCNCC4)CC3)cc2N/C1=N/C=O. The molecule has 0 aliphatic carbocycles. The zero-order valence-electron chi connectivity index (χ0n) is 23.9. The van der Waals surface area contributed by atoms with Gasteiger partial charge >= 0.3 is 0 Å². The predicted octanol–water partition coefficient (Wildman–Crippen LogP) is 2.94. The first-order valence-electron chi connectivity index (χ1n) is 14.7. The number of carbonyl (C=O) groups is 2. The zero-order chi connectivity index (χ0) is 28.9. The number of likely N-dealkylation sites (tertiary alicyclic amines) is 1. The van der Waals surface area contributed by atoms with Crippen LogP contribution in [0.3, 0.4) is 0 Å². The van der Waals surface area contributed by atoms with Gasteiger partial charge in [-0.2, -0.15) is 4.99 Å². The van der Waals surface area contributed by atoms with Gasteiger partial charge in [0.25, 0.3) is 0 Å². The lowest BCUT2D eigenvalue weighted by Gasteiger charge is -2.38. The number of nitrogens with one attached hydrogen (secondary N) is 4. The topological polar surface area (TPSA) is 127 Å². The van der Waals surface area contributed by atoms with Gasteiger partial charge in [-0.15, -0.1) is 0 Å². The van der Waals surface area contributed by atoms with Crippen LogP contribution in [-0.4, -0.2) is 83.7 Å². The number of ether oxygens (including phenoxy) is 1. The quantitative estimate of drug-likeness (QED) is 0.305. The van der Waals surface area contributed by atoms with Crippen molar-refractivity contribution in [3.8, 4) is 5.75 Å². The van der Waals surface area contributed by atoms with Gasteiger partial charge in [0.2, 0.25) is 12.3 Å². The zero-order valence-corrected chi connectivity index (χ0v) is 23.9. The molecular weight excluding hydrogens is 532 g/mol. The first-order valence-corrected chi connectivity index (χ1v) is 14.7. The third kappa shape index (κ3) is 6.17.